The van der Waals surface area contributed by atoms with Crippen molar-refractivity contribution >= 4 is 10.2 Å². The summed E-state index contributed by atoms with van der Waals surface area (Å²) in [7, 11) is -1.37. The first kappa shape index (κ1) is 8.43. The van der Waals surface area contributed by atoms with E-state index < -0.39 is 10.2 Å². The van der Waals surface area contributed by atoms with E-state index in [9.17, 15) is 4.21 Å². The molecule has 11 heavy (non-hydrogen) atoms. The summed E-state index contributed by atoms with van der Waals surface area (Å²) in [6.07, 6.45) is 3.49. The van der Waals surface area contributed by atoms with Gasteiger partial charge in [0.25, 0.3) is 0 Å². The minimum atomic E-state index is -2.78. The second kappa shape index (κ2) is 3.15. The molecule has 0 aromatic heterocycles. The van der Waals surface area contributed by atoms with E-state index in [4.69, 9.17) is 4.18 Å². The highest BCUT2D eigenvalue weighted by Gasteiger charge is 2.02. The topological polar surface area (TPSA) is 26.3 Å². The van der Waals surface area contributed by atoms with Crippen molar-refractivity contribution in [3.05, 3.63) is 36.6 Å². The second-order valence-electron chi connectivity index (χ2n) is 2.19. The van der Waals surface area contributed by atoms with Crippen LogP contribution in [-0.4, -0.2) is 11.3 Å². The van der Waals surface area contributed by atoms with E-state index in [1.54, 1.807) is 12.1 Å². The predicted octanol–water partition coefficient (Wildman–Crippen LogP) is 1.42. The molecule has 0 amide bonds. The first-order valence-corrected chi connectivity index (χ1v) is 5.03. The molecular weight excluding hydrogens is 160 g/mol. The lowest BCUT2D eigenvalue weighted by molar-refractivity contribution is 0.434. The quantitative estimate of drug-likeness (QED) is 0.681. The minimum Gasteiger partial charge on any atom is -0.289 e. The van der Waals surface area contributed by atoms with Gasteiger partial charge in [-0.2, -0.15) is 10.2 Å². The average molecular weight is 171 g/mol. The monoisotopic (exact) mass is 171 g/mol. The molecular formula is C8H11O2S. The zero-order valence-corrected chi connectivity index (χ0v) is 7.25. The molecule has 0 unspecified atom stereocenters. The highest BCUT2D eigenvalue weighted by molar-refractivity contribution is 7.99. The zero-order valence-electron chi connectivity index (χ0n) is 6.36. The Labute approximate surface area is 67.8 Å². The summed E-state index contributed by atoms with van der Waals surface area (Å²) in [4.78, 5) is 0.655. The van der Waals surface area contributed by atoms with Crippen LogP contribution in [0.2, 0.25) is 0 Å². The first-order chi connectivity index (χ1) is 5.17. The molecule has 0 saturated heterocycles. The minimum absolute atomic E-state index is 0.655. The Morgan fingerprint density at radius 3 is 2.36 bits per heavy atom. The Morgan fingerprint density at radius 1 is 1.36 bits per heavy atom. The molecule has 1 aromatic carbocycles. The third-order valence-electron chi connectivity index (χ3n) is 1.44. The van der Waals surface area contributed by atoms with Crippen LogP contribution >= 0.6 is 0 Å². The van der Waals surface area contributed by atoms with Gasteiger partial charge in [0, 0.05) is 0 Å². The van der Waals surface area contributed by atoms with Crippen LogP contribution in [0.5, 0.6) is 0 Å². The van der Waals surface area contributed by atoms with Crippen molar-refractivity contribution in [2.24, 2.45) is 0 Å². The molecule has 2 nitrogen and oxygen atoms in total. The number of benzene rings is 1. The van der Waals surface area contributed by atoms with Gasteiger partial charge < -0.3 is 0 Å². The maximum atomic E-state index is 11.5. The summed E-state index contributed by atoms with van der Waals surface area (Å²) >= 11 is 0. The molecule has 0 fully saturated rings. The molecule has 1 rings (SSSR count). The summed E-state index contributed by atoms with van der Waals surface area (Å²) < 4.78 is 16.2. The van der Waals surface area contributed by atoms with Crippen LogP contribution in [0, 0.1) is 6.26 Å². The fourth-order valence-electron chi connectivity index (χ4n) is 0.761. The van der Waals surface area contributed by atoms with Crippen LogP contribution in [0.4, 0.5) is 0 Å². The van der Waals surface area contributed by atoms with Gasteiger partial charge in [0.05, 0.1) is 18.3 Å². The van der Waals surface area contributed by atoms with Crippen LogP contribution in [-0.2, 0) is 14.4 Å². The van der Waals surface area contributed by atoms with Gasteiger partial charge in [-0.25, -0.2) is 4.21 Å². The van der Waals surface area contributed by atoms with Gasteiger partial charge in [0.2, 0.25) is 0 Å². The third-order valence-corrected chi connectivity index (χ3v) is 3.12. The molecule has 0 N–H and O–H groups in total. The lowest BCUT2D eigenvalue weighted by Crippen LogP contribution is -2.08. The van der Waals surface area contributed by atoms with E-state index in [0.717, 1.165) is 0 Å². The third kappa shape index (κ3) is 1.88. The number of hydrogen-bond donors (Lipinski definition) is 1. The maximum Gasteiger partial charge on any atom is 0.0599 e. The Bertz CT molecular complexity index is 269. The highest BCUT2D eigenvalue weighted by Crippen LogP contribution is 2.16. The van der Waals surface area contributed by atoms with Gasteiger partial charge in [-0.05, 0) is 12.1 Å². The van der Waals surface area contributed by atoms with Gasteiger partial charge >= 0.3 is 0 Å². The molecule has 0 atom stereocenters. The molecule has 3 heteroatoms. The molecule has 61 valence electrons. The molecule has 0 bridgehead atoms. The van der Waals surface area contributed by atoms with Crippen molar-refractivity contribution in [1.29, 1.82) is 0 Å². The van der Waals surface area contributed by atoms with Gasteiger partial charge in [-0.3, -0.25) is 4.18 Å². The van der Waals surface area contributed by atoms with E-state index in [0.29, 0.717) is 4.90 Å². The molecule has 0 spiro atoms. The summed E-state index contributed by atoms with van der Waals surface area (Å²) in [6, 6.07) is 8.98. The van der Waals surface area contributed by atoms with Gasteiger partial charge in [0.1, 0.15) is 0 Å². The van der Waals surface area contributed by atoms with Crippen molar-refractivity contribution in [3.8, 4) is 0 Å². The van der Waals surface area contributed by atoms with Crippen molar-refractivity contribution < 1.29 is 8.39 Å². The Kier molecular flexibility index (Phi) is 2.42. The normalized spacial score (nSPS) is 12.9. The van der Waals surface area contributed by atoms with Gasteiger partial charge in [0.15, 0.2) is 0 Å². The van der Waals surface area contributed by atoms with Crippen LogP contribution in [0.15, 0.2) is 35.2 Å². The Morgan fingerprint density at radius 2 is 1.91 bits per heavy atom. The first-order valence-electron chi connectivity index (χ1n) is 3.22. The van der Waals surface area contributed by atoms with Crippen LogP contribution in [0.3, 0.4) is 0 Å². The largest absolute Gasteiger partial charge is 0.289 e. The molecule has 0 aliphatic heterocycles. The van der Waals surface area contributed by atoms with Crippen molar-refractivity contribution in [1.82, 2.24) is 0 Å². The fraction of sp³-hybridized carbons (Fsp3) is 0.125. The Hall–Kier alpha value is -0.670. The van der Waals surface area contributed by atoms with Crippen LogP contribution < -0.4 is 0 Å². The van der Waals surface area contributed by atoms with E-state index in [1.807, 2.05) is 18.2 Å². The van der Waals surface area contributed by atoms with E-state index >= 15 is 0 Å². The van der Waals surface area contributed by atoms with Crippen molar-refractivity contribution in [2.45, 2.75) is 4.90 Å². The molecule has 0 aliphatic rings. The average Bonchev–Trinajstić information content (AvgIpc) is 2.06. The number of thiol groups is 1. The van der Waals surface area contributed by atoms with Crippen molar-refractivity contribution in [2.75, 3.05) is 7.11 Å². The summed E-state index contributed by atoms with van der Waals surface area (Å²) in [5, 5.41) is 0. The maximum absolute atomic E-state index is 11.5. The molecule has 1 aromatic rings. The smallest absolute Gasteiger partial charge is 0.0599 e. The highest BCUT2D eigenvalue weighted by atomic mass is 32.3. The second-order valence-corrected chi connectivity index (χ2v) is 4.42. The standard InChI is InChI=1S/C8H11O2S/c1-10-11(2,9)8-6-4-3-5-7-8/h3-7,11H,2H2,1H3. The summed E-state index contributed by atoms with van der Waals surface area (Å²) in [6.45, 7) is 0. The molecule has 0 aliphatic carbocycles. The van der Waals surface area contributed by atoms with Crippen LogP contribution in [0.1, 0.15) is 0 Å². The van der Waals surface area contributed by atoms with Gasteiger partial charge in [-0.1, -0.05) is 18.2 Å². The lowest BCUT2D eigenvalue weighted by atomic mass is 10.4. The Balaban J connectivity index is 3.03. The fourth-order valence-corrected chi connectivity index (χ4v) is 1.60. The van der Waals surface area contributed by atoms with E-state index in [2.05, 4.69) is 6.26 Å². The molecule has 0 saturated carbocycles. The van der Waals surface area contributed by atoms with E-state index in [-0.39, 0.29) is 0 Å². The number of hydrogen-bond acceptors (Lipinski definition) is 2. The lowest BCUT2D eigenvalue weighted by Gasteiger charge is -2.21. The zero-order chi connectivity index (χ0) is 8.32. The van der Waals surface area contributed by atoms with Crippen molar-refractivity contribution in [3.63, 3.8) is 0 Å². The number of rotatable bonds is 2. The van der Waals surface area contributed by atoms with Crippen LogP contribution in [0.25, 0.3) is 0 Å². The predicted molar refractivity (Wildman–Crippen MR) is 46.6 cm³/mol. The molecule has 0 heterocycles. The molecule has 1 radical (unpaired) electrons. The van der Waals surface area contributed by atoms with Gasteiger partial charge in [-0.15, -0.1) is 0 Å². The summed E-state index contributed by atoms with van der Waals surface area (Å²) in [5.41, 5.74) is 0. The summed E-state index contributed by atoms with van der Waals surface area (Å²) in [5.74, 6) is 0. The SMILES string of the molecule is [CH2][SH](=O)(OC)c1ccccc1. The van der Waals surface area contributed by atoms with E-state index in [1.165, 1.54) is 7.11 Å².